The number of nitrogens with zero attached hydrogens (tertiary/aromatic N) is 3. The second-order valence-corrected chi connectivity index (χ2v) is 8.98. The summed E-state index contributed by atoms with van der Waals surface area (Å²) in [5.74, 6) is -1.22. The molecule has 0 saturated carbocycles. The van der Waals surface area contributed by atoms with E-state index in [1.165, 1.54) is 17.1 Å². The monoisotopic (exact) mass is 444 g/mol. The van der Waals surface area contributed by atoms with Gasteiger partial charge in [-0.3, -0.25) is 14.3 Å². The molecule has 1 N–H and O–H groups in total. The maximum absolute atomic E-state index is 12.6. The van der Waals surface area contributed by atoms with Gasteiger partial charge in [0.05, 0.1) is 6.20 Å². The topological polar surface area (TPSA) is 112 Å². The van der Waals surface area contributed by atoms with E-state index in [0.717, 1.165) is 22.6 Å². The third kappa shape index (κ3) is 5.09. The maximum atomic E-state index is 12.6. The number of aryl methyl sites for hydroxylation is 3. The molecule has 164 valence electrons. The van der Waals surface area contributed by atoms with Gasteiger partial charge in [0.25, 0.3) is 0 Å². The summed E-state index contributed by atoms with van der Waals surface area (Å²) in [5, 5.41) is 3.78. The van der Waals surface area contributed by atoms with E-state index in [4.69, 9.17) is 4.74 Å². The highest BCUT2D eigenvalue weighted by Gasteiger charge is 2.20. The predicted molar refractivity (Wildman–Crippen MR) is 114 cm³/mol. The minimum Gasteiger partial charge on any atom is -0.456 e. The fourth-order valence-electron chi connectivity index (χ4n) is 3.19. The van der Waals surface area contributed by atoms with E-state index in [9.17, 15) is 18.0 Å². The van der Waals surface area contributed by atoms with Crippen molar-refractivity contribution in [2.45, 2.75) is 25.7 Å². The van der Waals surface area contributed by atoms with E-state index in [-0.39, 0.29) is 10.7 Å². The van der Waals surface area contributed by atoms with Crippen molar-refractivity contribution in [1.82, 2.24) is 19.1 Å². The van der Waals surface area contributed by atoms with Crippen LogP contribution in [-0.4, -0.2) is 47.7 Å². The lowest BCUT2D eigenvalue weighted by atomic mass is 10.1. The van der Waals surface area contributed by atoms with Gasteiger partial charge in [0, 0.05) is 35.9 Å². The minimum atomic E-state index is -3.89. The summed E-state index contributed by atoms with van der Waals surface area (Å²) in [4.78, 5) is 24.5. The molecule has 3 rings (SSSR count). The van der Waals surface area contributed by atoms with Crippen LogP contribution in [0.25, 0.3) is 5.69 Å². The van der Waals surface area contributed by atoms with Gasteiger partial charge in [0.2, 0.25) is 15.8 Å². The lowest BCUT2D eigenvalue weighted by Crippen LogP contribution is -2.31. The number of carbonyl (C=O) groups is 2. The van der Waals surface area contributed by atoms with Crippen LogP contribution in [0, 0.1) is 20.8 Å². The van der Waals surface area contributed by atoms with Crippen LogP contribution in [0.3, 0.4) is 0 Å². The predicted octanol–water partition coefficient (Wildman–Crippen LogP) is 1.84. The van der Waals surface area contributed by atoms with E-state index in [0.29, 0.717) is 5.56 Å². The molecule has 0 radical (unpaired) electrons. The van der Waals surface area contributed by atoms with Gasteiger partial charge in [0.15, 0.2) is 6.61 Å². The Hall–Kier alpha value is -3.24. The number of hydrogen-bond acceptors (Lipinski definition) is 6. The highest BCUT2D eigenvalue weighted by Crippen LogP contribution is 2.21. The number of hydrogen-bond donors (Lipinski definition) is 1. The van der Waals surface area contributed by atoms with Crippen molar-refractivity contribution in [3.63, 3.8) is 0 Å². The number of Topliss-reactive ketones (excluding diaryl/α,β-unsaturated/α-hetero) is 1. The molecule has 0 spiro atoms. The van der Waals surface area contributed by atoms with Crippen molar-refractivity contribution in [3.8, 4) is 5.69 Å². The zero-order valence-electron chi connectivity index (χ0n) is 17.7. The molecule has 0 unspecified atom stereocenters. The number of benzene rings is 1. The lowest BCUT2D eigenvalue weighted by molar-refractivity contribution is -0.141. The molecule has 0 bridgehead atoms. The third-order valence-electron chi connectivity index (χ3n) is 4.79. The summed E-state index contributed by atoms with van der Waals surface area (Å²) in [7, 11) is -2.31. The van der Waals surface area contributed by atoms with Gasteiger partial charge in [-0.05, 0) is 39.0 Å². The summed E-state index contributed by atoms with van der Waals surface area (Å²) in [6.07, 6.45) is 2.47. The van der Waals surface area contributed by atoms with Gasteiger partial charge < -0.3 is 9.30 Å². The summed E-state index contributed by atoms with van der Waals surface area (Å²) in [6, 6.07) is 9.67. The maximum Gasteiger partial charge on any atom is 0.321 e. The molecule has 2 heterocycles. The van der Waals surface area contributed by atoms with Crippen LogP contribution in [0.1, 0.15) is 27.3 Å². The van der Waals surface area contributed by atoms with Crippen molar-refractivity contribution in [3.05, 3.63) is 65.2 Å². The molecule has 0 aliphatic carbocycles. The Morgan fingerprint density at radius 1 is 1.13 bits per heavy atom. The van der Waals surface area contributed by atoms with Crippen LogP contribution in [0.15, 0.2) is 47.6 Å². The van der Waals surface area contributed by atoms with Crippen LogP contribution < -0.4 is 4.72 Å². The van der Waals surface area contributed by atoms with Crippen molar-refractivity contribution in [1.29, 1.82) is 0 Å². The number of nitrogens with one attached hydrogen (secondary N) is 1. The average Bonchev–Trinajstić information content (AvgIpc) is 3.29. The number of esters is 1. The molecule has 9 nitrogen and oxygen atoms in total. The largest absolute Gasteiger partial charge is 0.456 e. The summed E-state index contributed by atoms with van der Waals surface area (Å²) in [6.45, 7) is 4.64. The zero-order chi connectivity index (χ0) is 22.8. The quantitative estimate of drug-likeness (QED) is 0.419. The first-order chi connectivity index (χ1) is 14.6. The molecule has 0 aliphatic rings. The Labute approximate surface area is 180 Å². The minimum absolute atomic E-state index is 0.0672. The molecule has 0 fully saturated rings. The first-order valence-corrected chi connectivity index (χ1v) is 11.0. The Bertz CT molecular complexity index is 1220. The van der Waals surface area contributed by atoms with Crippen LogP contribution in [-0.2, 0) is 26.6 Å². The molecule has 31 heavy (non-hydrogen) atoms. The van der Waals surface area contributed by atoms with E-state index in [1.807, 2.05) is 49.6 Å². The molecule has 0 amide bonds. The first-order valence-electron chi connectivity index (χ1n) is 9.51. The fourth-order valence-corrected chi connectivity index (χ4v) is 4.14. The van der Waals surface area contributed by atoms with Crippen LogP contribution in [0.5, 0.6) is 0 Å². The average molecular weight is 445 g/mol. The van der Waals surface area contributed by atoms with E-state index >= 15 is 0 Å². The number of ketones is 1. The molecule has 2 aromatic heterocycles. The normalized spacial score (nSPS) is 11.5. The van der Waals surface area contributed by atoms with Crippen LogP contribution in [0.2, 0.25) is 0 Å². The number of rotatable bonds is 8. The molecular weight excluding hydrogens is 420 g/mol. The molecular formula is C21H24N4O5S. The number of carbonyl (C=O) groups excluding carboxylic acids is 2. The number of sulfonamides is 1. The molecule has 3 aromatic rings. The fraction of sp³-hybridized carbons (Fsp3) is 0.286. The van der Waals surface area contributed by atoms with Gasteiger partial charge in [-0.1, -0.05) is 17.7 Å². The molecule has 1 aromatic carbocycles. The molecule has 0 atom stereocenters. The second kappa shape index (κ2) is 8.86. The van der Waals surface area contributed by atoms with Crippen molar-refractivity contribution >= 4 is 21.8 Å². The summed E-state index contributed by atoms with van der Waals surface area (Å²) >= 11 is 0. The van der Waals surface area contributed by atoms with Gasteiger partial charge in [-0.2, -0.15) is 9.82 Å². The Kier molecular flexibility index (Phi) is 6.42. The van der Waals surface area contributed by atoms with Crippen molar-refractivity contribution in [2.75, 3.05) is 13.2 Å². The summed E-state index contributed by atoms with van der Waals surface area (Å²) in [5.41, 5.74) is 4.12. The SMILES string of the molecule is Cc1ccc(-n2c(C)cc(C(=O)COC(=O)CNS(=O)(=O)c3cnn(C)c3)c2C)cc1. The molecule has 10 heteroatoms. The second-order valence-electron chi connectivity index (χ2n) is 7.21. The lowest BCUT2D eigenvalue weighted by Gasteiger charge is -2.10. The third-order valence-corrected chi connectivity index (χ3v) is 6.14. The van der Waals surface area contributed by atoms with E-state index < -0.39 is 29.1 Å². The van der Waals surface area contributed by atoms with Crippen molar-refractivity contribution in [2.24, 2.45) is 7.05 Å². The van der Waals surface area contributed by atoms with Gasteiger partial charge >= 0.3 is 5.97 Å². The smallest absolute Gasteiger partial charge is 0.321 e. The highest BCUT2D eigenvalue weighted by molar-refractivity contribution is 7.89. The molecule has 0 saturated heterocycles. The van der Waals surface area contributed by atoms with Gasteiger partial charge in [0.1, 0.15) is 11.4 Å². The van der Waals surface area contributed by atoms with Gasteiger partial charge in [-0.15, -0.1) is 0 Å². The number of ether oxygens (including phenoxy) is 1. The highest BCUT2D eigenvalue weighted by atomic mass is 32.2. The first kappa shape index (κ1) is 22.4. The van der Waals surface area contributed by atoms with Crippen molar-refractivity contribution < 1.29 is 22.7 Å². The Morgan fingerprint density at radius 2 is 1.81 bits per heavy atom. The standard InChI is InChI=1S/C21H24N4O5S/c1-14-5-7-17(8-6-14)25-15(2)9-19(16(25)3)20(26)13-30-21(27)11-23-31(28,29)18-10-22-24(4)12-18/h5-10,12,23H,11,13H2,1-4H3. The van der Waals surface area contributed by atoms with Crippen LogP contribution >= 0.6 is 0 Å². The van der Waals surface area contributed by atoms with E-state index in [2.05, 4.69) is 9.82 Å². The number of aromatic nitrogens is 3. The Morgan fingerprint density at radius 3 is 2.42 bits per heavy atom. The van der Waals surface area contributed by atoms with Gasteiger partial charge in [-0.25, -0.2) is 8.42 Å². The summed E-state index contributed by atoms with van der Waals surface area (Å²) < 4.78 is 34.6. The zero-order valence-corrected chi connectivity index (χ0v) is 18.6. The van der Waals surface area contributed by atoms with E-state index in [1.54, 1.807) is 13.1 Å². The Balaban J connectivity index is 1.61. The van der Waals surface area contributed by atoms with Crippen LogP contribution in [0.4, 0.5) is 0 Å². The molecule has 0 aliphatic heterocycles.